The molecular weight excluding hydrogens is 236 g/mol. The standard InChI is InChI=1S/C12H24O2SSi/c1-7-9-11(14-16(4,5)6)10(3)12(13)15-8-2/h7,9-11H,8H2,1-6H3/b9-7+/t10-,11+/m0/s1. The Bertz CT molecular complexity index is 246. The molecule has 0 aliphatic carbocycles. The van der Waals surface area contributed by atoms with Crippen LogP contribution in [0.1, 0.15) is 20.8 Å². The lowest BCUT2D eigenvalue weighted by molar-refractivity contribution is -0.115. The maximum Gasteiger partial charge on any atom is 0.194 e. The second-order valence-corrected chi connectivity index (χ2v) is 10.5. The SMILES string of the molecule is C/C=C/[C@@H](O[Si](C)(C)C)[C@H](C)C(=O)SCC. The first-order chi connectivity index (χ1) is 7.31. The van der Waals surface area contributed by atoms with Crippen molar-refractivity contribution in [2.75, 3.05) is 5.75 Å². The molecule has 0 aromatic carbocycles. The van der Waals surface area contributed by atoms with Crippen LogP contribution >= 0.6 is 11.8 Å². The summed E-state index contributed by atoms with van der Waals surface area (Å²) in [5, 5.41) is 0.226. The summed E-state index contributed by atoms with van der Waals surface area (Å²) in [5.74, 6) is 0.770. The van der Waals surface area contributed by atoms with Gasteiger partial charge in [-0.1, -0.05) is 37.8 Å². The zero-order chi connectivity index (χ0) is 12.8. The Morgan fingerprint density at radius 3 is 2.38 bits per heavy atom. The van der Waals surface area contributed by atoms with E-state index in [4.69, 9.17) is 4.43 Å². The smallest absolute Gasteiger partial charge is 0.194 e. The van der Waals surface area contributed by atoms with Crippen molar-refractivity contribution >= 4 is 25.2 Å². The largest absolute Gasteiger partial charge is 0.411 e. The van der Waals surface area contributed by atoms with E-state index in [0.29, 0.717) is 0 Å². The molecule has 2 nitrogen and oxygen atoms in total. The predicted molar refractivity (Wildman–Crippen MR) is 75.3 cm³/mol. The van der Waals surface area contributed by atoms with E-state index in [0.717, 1.165) is 5.75 Å². The Balaban J connectivity index is 4.58. The molecule has 0 aliphatic heterocycles. The maximum atomic E-state index is 11.8. The third kappa shape index (κ3) is 6.50. The van der Waals surface area contributed by atoms with Crippen LogP contribution in [0.4, 0.5) is 0 Å². The van der Waals surface area contributed by atoms with Crippen molar-refractivity contribution in [3.05, 3.63) is 12.2 Å². The Morgan fingerprint density at radius 2 is 2.00 bits per heavy atom. The summed E-state index contributed by atoms with van der Waals surface area (Å²) in [6.45, 7) is 12.4. The fourth-order valence-electron chi connectivity index (χ4n) is 1.31. The predicted octanol–water partition coefficient (Wildman–Crippen LogP) is 3.70. The van der Waals surface area contributed by atoms with Crippen molar-refractivity contribution in [2.24, 2.45) is 5.92 Å². The van der Waals surface area contributed by atoms with E-state index in [-0.39, 0.29) is 17.1 Å². The molecule has 0 aliphatic rings. The fourth-order valence-corrected chi connectivity index (χ4v) is 3.09. The van der Waals surface area contributed by atoms with Crippen LogP contribution in [0.5, 0.6) is 0 Å². The number of hydrogen-bond donors (Lipinski definition) is 0. The zero-order valence-corrected chi connectivity index (χ0v) is 13.1. The van der Waals surface area contributed by atoms with Gasteiger partial charge in [-0.25, -0.2) is 0 Å². The molecule has 0 spiro atoms. The number of carbonyl (C=O) groups excluding carboxylic acids is 1. The lowest BCUT2D eigenvalue weighted by Crippen LogP contribution is -2.36. The molecule has 0 saturated carbocycles. The number of hydrogen-bond acceptors (Lipinski definition) is 3. The van der Waals surface area contributed by atoms with Gasteiger partial charge < -0.3 is 4.43 Å². The Hall–Kier alpha value is -0.0631. The Labute approximate surface area is 105 Å². The minimum absolute atomic E-state index is 0.0622. The van der Waals surface area contributed by atoms with E-state index in [1.165, 1.54) is 11.8 Å². The van der Waals surface area contributed by atoms with Crippen LogP contribution in [0, 0.1) is 5.92 Å². The highest BCUT2D eigenvalue weighted by Crippen LogP contribution is 2.21. The van der Waals surface area contributed by atoms with Gasteiger partial charge in [0.1, 0.15) is 0 Å². The molecule has 94 valence electrons. The monoisotopic (exact) mass is 260 g/mol. The molecule has 2 atom stereocenters. The first-order valence-corrected chi connectivity index (χ1v) is 10.2. The lowest BCUT2D eigenvalue weighted by atomic mass is 10.1. The van der Waals surface area contributed by atoms with Gasteiger partial charge in [0.15, 0.2) is 13.4 Å². The third-order valence-corrected chi connectivity index (χ3v) is 3.95. The van der Waals surface area contributed by atoms with Crippen molar-refractivity contribution in [1.29, 1.82) is 0 Å². The zero-order valence-electron chi connectivity index (χ0n) is 11.2. The lowest BCUT2D eigenvalue weighted by Gasteiger charge is -2.27. The molecule has 0 heterocycles. The van der Waals surface area contributed by atoms with Crippen molar-refractivity contribution < 1.29 is 9.22 Å². The molecule has 0 radical (unpaired) electrons. The van der Waals surface area contributed by atoms with Gasteiger partial charge in [-0.2, -0.15) is 0 Å². The van der Waals surface area contributed by atoms with Crippen LogP contribution in [0.25, 0.3) is 0 Å². The summed E-state index contributed by atoms with van der Waals surface area (Å²) < 4.78 is 6.03. The van der Waals surface area contributed by atoms with Crippen LogP contribution in [-0.2, 0) is 9.22 Å². The molecule has 4 heteroatoms. The fraction of sp³-hybridized carbons (Fsp3) is 0.750. The quantitative estimate of drug-likeness (QED) is 0.538. The van der Waals surface area contributed by atoms with Crippen LogP contribution in [0.2, 0.25) is 19.6 Å². The maximum absolute atomic E-state index is 11.8. The molecule has 0 bridgehead atoms. The second kappa shape index (κ2) is 7.30. The number of allylic oxidation sites excluding steroid dienone is 1. The number of carbonyl (C=O) groups is 1. The van der Waals surface area contributed by atoms with Crippen LogP contribution in [-0.4, -0.2) is 25.3 Å². The Morgan fingerprint density at radius 1 is 1.44 bits per heavy atom. The normalized spacial score (nSPS) is 16.4. The number of rotatable bonds is 6. The topological polar surface area (TPSA) is 26.3 Å². The van der Waals surface area contributed by atoms with Gasteiger partial charge in [0.25, 0.3) is 0 Å². The van der Waals surface area contributed by atoms with Crippen LogP contribution < -0.4 is 0 Å². The molecule has 0 N–H and O–H groups in total. The van der Waals surface area contributed by atoms with E-state index < -0.39 is 8.32 Å². The molecule has 0 saturated heterocycles. The van der Waals surface area contributed by atoms with E-state index >= 15 is 0 Å². The summed E-state index contributed by atoms with van der Waals surface area (Å²) in [6, 6.07) is 0. The van der Waals surface area contributed by atoms with Gasteiger partial charge in [-0.3, -0.25) is 4.79 Å². The van der Waals surface area contributed by atoms with Crippen molar-refractivity contribution in [1.82, 2.24) is 0 Å². The highest BCUT2D eigenvalue weighted by atomic mass is 32.2. The summed E-state index contributed by atoms with van der Waals surface area (Å²) in [5.41, 5.74) is 0. The van der Waals surface area contributed by atoms with E-state index in [1.807, 2.05) is 32.9 Å². The average Bonchev–Trinajstić information content (AvgIpc) is 2.14. The summed E-state index contributed by atoms with van der Waals surface area (Å²) >= 11 is 1.38. The molecule has 0 fully saturated rings. The van der Waals surface area contributed by atoms with E-state index in [9.17, 15) is 4.79 Å². The third-order valence-electron chi connectivity index (χ3n) is 2.02. The molecule has 0 unspecified atom stereocenters. The van der Waals surface area contributed by atoms with E-state index in [1.54, 1.807) is 0 Å². The van der Waals surface area contributed by atoms with E-state index in [2.05, 4.69) is 19.6 Å². The van der Waals surface area contributed by atoms with Crippen molar-refractivity contribution in [3.8, 4) is 0 Å². The number of thioether (sulfide) groups is 1. The van der Waals surface area contributed by atoms with Gasteiger partial charge in [-0.05, 0) is 32.3 Å². The van der Waals surface area contributed by atoms with Gasteiger partial charge in [0.2, 0.25) is 0 Å². The minimum Gasteiger partial charge on any atom is -0.411 e. The summed E-state index contributed by atoms with van der Waals surface area (Å²) in [4.78, 5) is 11.8. The second-order valence-electron chi connectivity index (χ2n) is 4.76. The van der Waals surface area contributed by atoms with Gasteiger partial charge in [-0.15, -0.1) is 0 Å². The molecule has 0 rings (SSSR count). The average molecular weight is 260 g/mol. The molecule has 0 aromatic heterocycles. The summed E-state index contributed by atoms with van der Waals surface area (Å²) in [6.07, 6.45) is 3.89. The molecule has 16 heavy (non-hydrogen) atoms. The Kier molecular flexibility index (Phi) is 7.27. The van der Waals surface area contributed by atoms with Crippen molar-refractivity contribution in [2.45, 2.75) is 46.5 Å². The van der Waals surface area contributed by atoms with Gasteiger partial charge in [0.05, 0.1) is 12.0 Å². The molecule has 0 aromatic rings. The van der Waals surface area contributed by atoms with Crippen molar-refractivity contribution in [3.63, 3.8) is 0 Å². The highest BCUT2D eigenvalue weighted by Gasteiger charge is 2.27. The molecule has 0 amide bonds. The minimum atomic E-state index is -1.60. The van der Waals surface area contributed by atoms with Gasteiger partial charge in [0, 0.05) is 0 Å². The first-order valence-electron chi connectivity index (χ1n) is 5.79. The summed E-state index contributed by atoms with van der Waals surface area (Å²) in [7, 11) is -1.60. The first kappa shape index (κ1) is 15.9. The molecular formula is C12H24O2SSi. The van der Waals surface area contributed by atoms with Gasteiger partial charge >= 0.3 is 0 Å². The van der Waals surface area contributed by atoms with Crippen LogP contribution in [0.15, 0.2) is 12.2 Å². The highest BCUT2D eigenvalue weighted by molar-refractivity contribution is 8.13. The van der Waals surface area contributed by atoms with Crippen LogP contribution in [0.3, 0.4) is 0 Å².